The number of aromatic nitrogens is 3. The van der Waals surface area contributed by atoms with Gasteiger partial charge in [-0.1, -0.05) is 6.07 Å². The highest BCUT2D eigenvalue weighted by atomic mass is 16.1. The molecule has 0 spiro atoms. The minimum absolute atomic E-state index is 0.126. The molecule has 0 saturated heterocycles. The number of benzene rings is 1. The average Bonchev–Trinajstić information content (AvgIpc) is 2.74. The molecule has 0 fully saturated rings. The maximum Gasteiger partial charge on any atom is 0.251 e. The third-order valence-corrected chi connectivity index (χ3v) is 4.68. The van der Waals surface area contributed by atoms with Crippen LogP contribution in [0.25, 0.3) is 11.4 Å². The standard InChI is InChI=1S/C21H17N5O/c22-12-14-3-1-4-16(11-14)21(27)26-19-6-2-5-18-17(19)13-24-20(25-18)15-7-9-23-10-8-15/h1,3-4,7-11,13,19H,2,5-6H2,(H,26,27). The molecule has 0 radical (unpaired) electrons. The first-order valence-corrected chi connectivity index (χ1v) is 8.82. The van der Waals surface area contributed by atoms with Gasteiger partial charge in [-0.2, -0.15) is 5.26 Å². The van der Waals surface area contributed by atoms with Crippen molar-refractivity contribution in [3.05, 3.63) is 77.4 Å². The van der Waals surface area contributed by atoms with Crippen molar-refractivity contribution in [2.45, 2.75) is 25.3 Å². The Labute approximate surface area is 156 Å². The summed E-state index contributed by atoms with van der Waals surface area (Å²) in [5.74, 6) is 0.480. The molecule has 6 heteroatoms. The molecule has 1 amide bonds. The summed E-state index contributed by atoms with van der Waals surface area (Å²) in [5.41, 5.74) is 3.81. The maximum absolute atomic E-state index is 12.6. The van der Waals surface area contributed by atoms with E-state index in [1.54, 1.807) is 36.7 Å². The van der Waals surface area contributed by atoms with Crippen molar-refractivity contribution >= 4 is 5.91 Å². The molecule has 3 aromatic rings. The van der Waals surface area contributed by atoms with Crippen molar-refractivity contribution < 1.29 is 4.79 Å². The zero-order chi connectivity index (χ0) is 18.6. The predicted molar refractivity (Wildman–Crippen MR) is 99.6 cm³/mol. The van der Waals surface area contributed by atoms with Crippen molar-refractivity contribution in [2.24, 2.45) is 0 Å². The van der Waals surface area contributed by atoms with E-state index in [4.69, 9.17) is 10.2 Å². The molecule has 1 aliphatic rings. The lowest BCUT2D eigenvalue weighted by molar-refractivity contribution is 0.0932. The monoisotopic (exact) mass is 355 g/mol. The Kier molecular flexibility index (Phi) is 4.58. The highest BCUT2D eigenvalue weighted by Gasteiger charge is 2.24. The molecular weight excluding hydrogens is 338 g/mol. The maximum atomic E-state index is 12.6. The van der Waals surface area contributed by atoms with Crippen LogP contribution in [0.15, 0.2) is 55.0 Å². The van der Waals surface area contributed by atoms with Gasteiger partial charge >= 0.3 is 0 Å². The van der Waals surface area contributed by atoms with E-state index in [2.05, 4.69) is 21.4 Å². The predicted octanol–water partition coefficient (Wildman–Crippen LogP) is 3.22. The van der Waals surface area contributed by atoms with Crippen LogP contribution in [-0.4, -0.2) is 20.9 Å². The van der Waals surface area contributed by atoms with E-state index >= 15 is 0 Å². The molecule has 0 bridgehead atoms. The van der Waals surface area contributed by atoms with Gasteiger partial charge in [-0.15, -0.1) is 0 Å². The van der Waals surface area contributed by atoms with Gasteiger partial charge in [0.1, 0.15) is 0 Å². The lowest BCUT2D eigenvalue weighted by Crippen LogP contribution is -2.31. The Morgan fingerprint density at radius 1 is 1.22 bits per heavy atom. The average molecular weight is 355 g/mol. The molecule has 1 unspecified atom stereocenters. The van der Waals surface area contributed by atoms with Crippen LogP contribution < -0.4 is 5.32 Å². The number of aryl methyl sites for hydroxylation is 1. The number of hydrogen-bond donors (Lipinski definition) is 1. The molecule has 132 valence electrons. The Morgan fingerprint density at radius 2 is 2.07 bits per heavy atom. The number of carbonyl (C=O) groups is 1. The molecular formula is C21H17N5O. The van der Waals surface area contributed by atoms with Crippen LogP contribution in [0.5, 0.6) is 0 Å². The van der Waals surface area contributed by atoms with Crippen LogP contribution >= 0.6 is 0 Å². The van der Waals surface area contributed by atoms with E-state index in [0.29, 0.717) is 17.0 Å². The van der Waals surface area contributed by atoms with E-state index in [9.17, 15) is 4.79 Å². The van der Waals surface area contributed by atoms with Crippen LogP contribution in [0.2, 0.25) is 0 Å². The van der Waals surface area contributed by atoms with Gasteiger partial charge in [0.25, 0.3) is 5.91 Å². The third kappa shape index (κ3) is 3.53. The second-order valence-corrected chi connectivity index (χ2v) is 6.44. The third-order valence-electron chi connectivity index (χ3n) is 4.68. The first-order valence-electron chi connectivity index (χ1n) is 8.82. The molecule has 2 aromatic heterocycles. The summed E-state index contributed by atoms with van der Waals surface area (Å²) in [6.45, 7) is 0. The molecule has 1 N–H and O–H groups in total. The van der Waals surface area contributed by atoms with Gasteiger partial charge in [0.15, 0.2) is 5.82 Å². The Hall–Kier alpha value is -3.59. The van der Waals surface area contributed by atoms with Gasteiger partial charge in [-0.3, -0.25) is 9.78 Å². The summed E-state index contributed by atoms with van der Waals surface area (Å²) in [4.78, 5) is 25.8. The van der Waals surface area contributed by atoms with Crippen molar-refractivity contribution in [1.82, 2.24) is 20.3 Å². The Bertz CT molecular complexity index is 1030. The van der Waals surface area contributed by atoms with Gasteiger partial charge in [0.2, 0.25) is 0 Å². The van der Waals surface area contributed by atoms with Gasteiger partial charge in [-0.05, 0) is 49.6 Å². The van der Waals surface area contributed by atoms with Crippen LogP contribution in [-0.2, 0) is 6.42 Å². The number of hydrogen-bond acceptors (Lipinski definition) is 5. The SMILES string of the molecule is N#Cc1cccc(C(=O)NC2CCCc3nc(-c4ccncc4)ncc32)c1. The molecule has 0 aliphatic heterocycles. The second kappa shape index (κ2) is 7.34. The number of carbonyl (C=O) groups excluding carboxylic acids is 1. The fourth-order valence-corrected chi connectivity index (χ4v) is 3.31. The van der Waals surface area contributed by atoms with E-state index in [1.807, 2.05) is 18.3 Å². The zero-order valence-electron chi connectivity index (χ0n) is 14.6. The normalized spacial score (nSPS) is 15.4. The smallest absolute Gasteiger partial charge is 0.251 e. The quantitative estimate of drug-likeness (QED) is 0.779. The highest BCUT2D eigenvalue weighted by Crippen LogP contribution is 2.29. The number of rotatable bonds is 3. The first-order chi connectivity index (χ1) is 13.2. The minimum atomic E-state index is -0.192. The van der Waals surface area contributed by atoms with Crippen LogP contribution in [0.3, 0.4) is 0 Å². The van der Waals surface area contributed by atoms with Gasteiger partial charge in [-0.25, -0.2) is 9.97 Å². The van der Waals surface area contributed by atoms with E-state index in [1.165, 1.54) is 0 Å². The van der Waals surface area contributed by atoms with Gasteiger partial charge < -0.3 is 5.32 Å². The zero-order valence-corrected chi connectivity index (χ0v) is 14.6. The first kappa shape index (κ1) is 16.9. The second-order valence-electron chi connectivity index (χ2n) is 6.44. The Balaban J connectivity index is 1.58. The summed E-state index contributed by atoms with van der Waals surface area (Å²) in [6.07, 6.45) is 7.91. The fourth-order valence-electron chi connectivity index (χ4n) is 3.31. The summed E-state index contributed by atoms with van der Waals surface area (Å²) >= 11 is 0. The minimum Gasteiger partial charge on any atom is -0.345 e. The highest BCUT2D eigenvalue weighted by molar-refractivity contribution is 5.94. The molecule has 1 aromatic carbocycles. The summed E-state index contributed by atoms with van der Waals surface area (Å²) in [6, 6.07) is 12.4. The van der Waals surface area contributed by atoms with Gasteiger partial charge in [0.05, 0.1) is 17.7 Å². The lowest BCUT2D eigenvalue weighted by Gasteiger charge is -2.25. The molecule has 27 heavy (non-hydrogen) atoms. The number of nitrogens with zero attached hydrogens (tertiary/aromatic N) is 4. The van der Waals surface area contributed by atoms with E-state index in [-0.39, 0.29) is 11.9 Å². The summed E-state index contributed by atoms with van der Waals surface area (Å²) in [7, 11) is 0. The molecule has 2 heterocycles. The number of nitriles is 1. The van der Waals surface area contributed by atoms with Crippen molar-refractivity contribution in [3.8, 4) is 17.5 Å². The van der Waals surface area contributed by atoms with Crippen LogP contribution in [0.4, 0.5) is 0 Å². The summed E-state index contributed by atoms with van der Waals surface area (Å²) < 4.78 is 0. The molecule has 1 atom stereocenters. The number of fused-ring (bicyclic) bond motifs is 1. The number of amides is 1. The lowest BCUT2D eigenvalue weighted by atomic mass is 9.92. The molecule has 0 saturated carbocycles. The van der Waals surface area contributed by atoms with Crippen LogP contribution in [0, 0.1) is 11.3 Å². The topological polar surface area (TPSA) is 91.6 Å². The molecule has 4 rings (SSSR count). The largest absolute Gasteiger partial charge is 0.345 e. The van der Waals surface area contributed by atoms with Crippen LogP contribution in [0.1, 0.15) is 46.1 Å². The van der Waals surface area contributed by atoms with E-state index in [0.717, 1.165) is 36.1 Å². The number of nitrogens with one attached hydrogen (secondary N) is 1. The van der Waals surface area contributed by atoms with Gasteiger partial charge in [0, 0.05) is 41.0 Å². The van der Waals surface area contributed by atoms with Crippen molar-refractivity contribution in [2.75, 3.05) is 0 Å². The molecule has 1 aliphatic carbocycles. The van der Waals surface area contributed by atoms with Crippen molar-refractivity contribution in [3.63, 3.8) is 0 Å². The Morgan fingerprint density at radius 3 is 2.89 bits per heavy atom. The van der Waals surface area contributed by atoms with E-state index < -0.39 is 0 Å². The fraction of sp³-hybridized carbons (Fsp3) is 0.190. The summed E-state index contributed by atoms with van der Waals surface area (Å²) in [5, 5.41) is 12.1. The molecule has 6 nitrogen and oxygen atoms in total. The number of pyridine rings is 1. The van der Waals surface area contributed by atoms with Crippen molar-refractivity contribution in [1.29, 1.82) is 5.26 Å².